The van der Waals surface area contributed by atoms with Gasteiger partial charge in [-0.2, -0.15) is 5.10 Å². The summed E-state index contributed by atoms with van der Waals surface area (Å²) < 4.78 is 3.65. The average Bonchev–Trinajstić information content (AvgIpc) is 3.20. The molecule has 2 heterocycles. The zero-order valence-corrected chi connectivity index (χ0v) is 14.1. The summed E-state index contributed by atoms with van der Waals surface area (Å²) in [6.45, 7) is 5.56. The molecule has 5 nitrogen and oxygen atoms in total. The molecule has 0 saturated heterocycles. The van der Waals surface area contributed by atoms with E-state index >= 15 is 0 Å². The van der Waals surface area contributed by atoms with Gasteiger partial charge in [-0.05, 0) is 37.6 Å². The smallest absolute Gasteiger partial charge is 0.307 e. The number of thiazole rings is 1. The summed E-state index contributed by atoms with van der Waals surface area (Å²) in [5.41, 5.74) is 3.29. The Kier molecular flexibility index (Phi) is 4.73. The minimum absolute atomic E-state index is 0.112. The summed E-state index contributed by atoms with van der Waals surface area (Å²) in [5, 5.41) is 9.60. The Morgan fingerprint density at radius 2 is 2.09 bits per heavy atom. The number of benzene rings is 1. The highest BCUT2D eigenvalue weighted by Crippen LogP contribution is 2.15. The van der Waals surface area contributed by atoms with E-state index < -0.39 is 0 Å². The lowest BCUT2D eigenvalue weighted by Crippen LogP contribution is -2.27. The second kappa shape index (κ2) is 6.93. The van der Waals surface area contributed by atoms with Gasteiger partial charge in [-0.15, -0.1) is 0 Å². The van der Waals surface area contributed by atoms with Crippen LogP contribution in [0.5, 0.6) is 0 Å². The fourth-order valence-corrected chi connectivity index (χ4v) is 3.28. The molecule has 0 aliphatic carbocycles. The lowest BCUT2D eigenvalue weighted by molar-refractivity contribution is 0.524. The van der Waals surface area contributed by atoms with Crippen LogP contribution in [0.2, 0.25) is 0 Å². The molecule has 120 valence electrons. The van der Waals surface area contributed by atoms with Crippen molar-refractivity contribution in [2.24, 2.45) is 0 Å². The van der Waals surface area contributed by atoms with Crippen LogP contribution in [-0.2, 0) is 6.54 Å². The second-order valence-electron chi connectivity index (χ2n) is 5.51. The number of hydrogen-bond donors (Lipinski definition) is 1. The van der Waals surface area contributed by atoms with Crippen molar-refractivity contribution in [2.45, 2.75) is 26.4 Å². The van der Waals surface area contributed by atoms with Gasteiger partial charge in [-0.1, -0.05) is 23.5 Å². The predicted molar refractivity (Wildman–Crippen MR) is 93.3 cm³/mol. The summed E-state index contributed by atoms with van der Waals surface area (Å²) in [5.74, 6) is 0. The molecule has 1 N–H and O–H groups in total. The maximum atomic E-state index is 11.7. The van der Waals surface area contributed by atoms with Gasteiger partial charge in [0.05, 0.1) is 5.69 Å². The first-order valence-electron chi connectivity index (χ1n) is 7.63. The molecule has 23 heavy (non-hydrogen) atoms. The molecule has 1 aromatic carbocycles. The van der Waals surface area contributed by atoms with Crippen LogP contribution in [0.1, 0.15) is 24.2 Å². The minimum atomic E-state index is 0.112. The highest BCUT2D eigenvalue weighted by molar-refractivity contribution is 7.07. The van der Waals surface area contributed by atoms with Crippen LogP contribution >= 0.6 is 11.3 Å². The van der Waals surface area contributed by atoms with Gasteiger partial charge in [0.15, 0.2) is 0 Å². The van der Waals surface area contributed by atoms with Crippen LogP contribution in [0.25, 0.3) is 5.69 Å². The molecule has 0 aliphatic rings. The first-order valence-corrected chi connectivity index (χ1v) is 8.51. The maximum absolute atomic E-state index is 11.7. The molecule has 0 aliphatic heterocycles. The predicted octanol–water partition coefficient (Wildman–Crippen LogP) is 2.75. The van der Waals surface area contributed by atoms with E-state index in [0.29, 0.717) is 6.54 Å². The lowest BCUT2D eigenvalue weighted by atomic mass is 10.1. The Labute approximate surface area is 139 Å². The highest BCUT2D eigenvalue weighted by atomic mass is 32.1. The average molecular weight is 328 g/mol. The normalized spacial score (nSPS) is 12.4. The standard InChI is InChI=1S/C17H20N4OS/c1-13-12-23-17(22)20(13)11-9-18-14(2)15-4-6-16(7-5-15)21-10-3-8-19-21/h3-8,10,12,14,18H,9,11H2,1-2H3/t14-/m1/s1. The Hall–Kier alpha value is -2.18. The van der Waals surface area contributed by atoms with Crippen LogP contribution in [0.4, 0.5) is 0 Å². The van der Waals surface area contributed by atoms with Crippen LogP contribution in [0.3, 0.4) is 0 Å². The van der Waals surface area contributed by atoms with Gasteiger partial charge < -0.3 is 9.88 Å². The molecule has 0 saturated carbocycles. The summed E-state index contributed by atoms with van der Waals surface area (Å²) in [4.78, 5) is 11.8. The number of nitrogens with one attached hydrogen (secondary N) is 1. The third-order valence-electron chi connectivity index (χ3n) is 3.92. The largest absolute Gasteiger partial charge is 0.308 e. The van der Waals surface area contributed by atoms with Crippen molar-refractivity contribution in [3.63, 3.8) is 0 Å². The van der Waals surface area contributed by atoms with Crippen molar-refractivity contribution in [3.05, 3.63) is 69.0 Å². The molecule has 0 radical (unpaired) electrons. The number of aryl methyl sites for hydroxylation is 1. The van der Waals surface area contributed by atoms with Gasteiger partial charge in [0, 0.05) is 42.6 Å². The Morgan fingerprint density at radius 3 is 2.70 bits per heavy atom. The molecule has 2 aromatic heterocycles. The number of hydrogen-bond acceptors (Lipinski definition) is 4. The van der Waals surface area contributed by atoms with Gasteiger partial charge in [0.1, 0.15) is 0 Å². The summed E-state index contributed by atoms with van der Waals surface area (Å²) in [7, 11) is 0. The minimum Gasteiger partial charge on any atom is -0.308 e. The molecule has 0 amide bonds. The van der Waals surface area contributed by atoms with Crippen molar-refractivity contribution >= 4 is 11.3 Å². The van der Waals surface area contributed by atoms with E-state index in [9.17, 15) is 4.79 Å². The molecule has 3 aromatic rings. The van der Waals surface area contributed by atoms with Crippen molar-refractivity contribution in [3.8, 4) is 5.69 Å². The molecule has 1 atom stereocenters. The first-order chi connectivity index (χ1) is 11.1. The molecule has 0 spiro atoms. The zero-order valence-electron chi connectivity index (χ0n) is 13.3. The fourth-order valence-electron chi connectivity index (χ4n) is 2.52. The van der Waals surface area contributed by atoms with Crippen molar-refractivity contribution < 1.29 is 0 Å². The van der Waals surface area contributed by atoms with Crippen LogP contribution in [0, 0.1) is 6.92 Å². The monoisotopic (exact) mass is 328 g/mol. The van der Waals surface area contributed by atoms with Crippen LogP contribution in [0.15, 0.2) is 52.9 Å². The Morgan fingerprint density at radius 1 is 1.30 bits per heavy atom. The number of nitrogens with zero attached hydrogens (tertiary/aromatic N) is 3. The van der Waals surface area contributed by atoms with E-state index in [4.69, 9.17) is 0 Å². The Balaban J connectivity index is 1.58. The fraction of sp³-hybridized carbons (Fsp3) is 0.294. The quantitative estimate of drug-likeness (QED) is 0.757. The van der Waals surface area contributed by atoms with Gasteiger partial charge >= 0.3 is 4.87 Å². The van der Waals surface area contributed by atoms with Crippen molar-refractivity contribution in [1.29, 1.82) is 0 Å². The van der Waals surface area contributed by atoms with Crippen LogP contribution < -0.4 is 10.2 Å². The summed E-state index contributed by atoms with van der Waals surface area (Å²) in [6, 6.07) is 10.5. The second-order valence-corrected chi connectivity index (χ2v) is 6.33. The maximum Gasteiger partial charge on any atom is 0.307 e. The van der Waals surface area contributed by atoms with E-state index in [2.05, 4.69) is 41.6 Å². The summed E-state index contributed by atoms with van der Waals surface area (Å²) >= 11 is 1.26. The van der Waals surface area contributed by atoms with Gasteiger partial charge in [0.2, 0.25) is 0 Å². The van der Waals surface area contributed by atoms with Crippen molar-refractivity contribution in [1.82, 2.24) is 19.7 Å². The third-order valence-corrected chi connectivity index (χ3v) is 4.81. The molecule has 6 heteroatoms. The van der Waals surface area contributed by atoms with E-state index in [1.54, 1.807) is 6.20 Å². The molecule has 0 fully saturated rings. The van der Waals surface area contributed by atoms with Gasteiger partial charge in [-0.3, -0.25) is 4.79 Å². The number of rotatable bonds is 6. The van der Waals surface area contributed by atoms with E-state index in [1.807, 2.05) is 33.8 Å². The molecular formula is C17H20N4OS. The van der Waals surface area contributed by atoms with Gasteiger partial charge in [0.25, 0.3) is 0 Å². The van der Waals surface area contributed by atoms with Crippen molar-refractivity contribution in [2.75, 3.05) is 6.54 Å². The lowest BCUT2D eigenvalue weighted by Gasteiger charge is -2.15. The highest BCUT2D eigenvalue weighted by Gasteiger charge is 2.07. The Bertz CT molecular complexity index is 802. The molecular weight excluding hydrogens is 308 g/mol. The third kappa shape index (κ3) is 3.60. The zero-order chi connectivity index (χ0) is 16.2. The van der Waals surface area contributed by atoms with Gasteiger partial charge in [-0.25, -0.2) is 4.68 Å². The molecule has 0 unspecified atom stereocenters. The van der Waals surface area contributed by atoms with E-state index in [0.717, 1.165) is 17.9 Å². The first kappa shape index (κ1) is 15.7. The SMILES string of the molecule is Cc1csc(=O)n1CCN[C@H](C)c1ccc(-n2cccn2)cc1. The van der Waals surface area contributed by atoms with E-state index in [1.165, 1.54) is 16.9 Å². The van der Waals surface area contributed by atoms with E-state index in [-0.39, 0.29) is 10.9 Å². The molecule has 3 rings (SSSR count). The number of aromatic nitrogens is 3. The summed E-state index contributed by atoms with van der Waals surface area (Å²) in [6.07, 6.45) is 3.70. The topological polar surface area (TPSA) is 51.9 Å². The van der Waals surface area contributed by atoms with Crippen LogP contribution in [-0.4, -0.2) is 20.9 Å². The molecule has 0 bridgehead atoms.